The van der Waals surface area contributed by atoms with Crippen molar-refractivity contribution in [2.45, 2.75) is 37.8 Å². The normalized spacial score (nSPS) is 26.2. The van der Waals surface area contributed by atoms with Crippen molar-refractivity contribution >= 4 is 11.9 Å². The van der Waals surface area contributed by atoms with Crippen LogP contribution >= 0.6 is 0 Å². The fourth-order valence-electron chi connectivity index (χ4n) is 3.38. The SMILES string of the molecule is O=C1C2c3ccccc3CCN2C(=O)N1C1CCC1. The Kier molecular flexibility index (Phi) is 2.22. The molecule has 98 valence electrons. The Morgan fingerprint density at radius 2 is 1.89 bits per heavy atom. The molecule has 2 aliphatic heterocycles. The van der Waals surface area contributed by atoms with E-state index in [1.165, 1.54) is 10.5 Å². The quantitative estimate of drug-likeness (QED) is 0.722. The number of imide groups is 1. The fourth-order valence-corrected chi connectivity index (χ4v) is 3.38. The van der Waals surface area contributed by atoms with Crippen molar-refractivity contribution in [2.75, 3.05) is 6.54 Å². The highest BCUT2D eigenvalue weighted by atomic mass is 16.2. The average Bonchev–Trinajstić information content (AvgIpc) is 2.62. The van der Waals surface area contributed by atoms with Crippen molar-refractivity contribution in [3.05, 3.63) is 35.4 Å². The van der Waals surface area contributed by atoms with Crippen LogP contribution in [0.2, 0.25) is 0 Å². The van der Waals surface area contributed by atoms with Crippen LogP contribution in [-0.4, -0.2) is 34.3 Å². The van der Waals surface area contributed by atoms with Gasteiger partial charge in [-0.15, -0.1) is 0 Å². The van der Waals surface area contributed by atoms with Crippen LogP contribution in [0.1, 0.15) is 36.4 Å². The second kappa shape index (κ2) is 3.83. The van der Waals surface area contributed by atoms with Gasteiger partial charge in [0.2, 0.25) is 0 Å². The summed E-state index contributed by atoms with van der Waals surface area (Å²) in [7, 11) is 0. The van der Waals surface area contributed by atoms with Crippen molar-refractivity contribution in [3.8, 4) is 0 Å². The third kappa shape index (κ3) is 1.40. The molecule has 1 aromatic rings. The zero-order chi connectivity index (χ0) is 13.0. The largest absolute Gasteiger partial charge is 0.327 e. The third-order valence-corrected chi connectivity index (χ3v) is 4.65. The number of carbonyl (C=O) groups is 2. The summed E-state index contributed by atoms with van der Waals surface area (Å²) in [5, 5.41) is 0. The Balaban J connectivity index is 1.76. The van der Waals surface area contributed by atoms with E-state index >= 15 is 0 Å². The molecule has 0 bridgehead atoms. The molecule has 2 heterocycles. The summed E-state index contributed by atoms with van der Waals surface area (Å²) in [6.07, 6.45) is 3.92. The monoisotopic (exact) mass is 256 g/mol. The van der Waals surface area contributed by atoms with Crippen molar-refractivity contribution in [3.63, 3.8) is 0 Å². The summed E-state index contributed by atoms with van der Waals surface area (Å²) in [5.74, 6) is -0.0122. The van der Waals surface area contributed by atoms with Crippen LogP contribution in [0.5, 0.6) is 0 Å². The lowest BCUT2D eigenvalue weighted by Crippen LogP contribution is -2.45. The molecular formula is C15H16N2O2. The van der Waals surface area contributed by atoms with Gasteiger partial charge in [-0.25, -0.2) is 4.79 Å². The first-order valence-electron chi connectivity index (χ1n) is 6.99. The average molecular weight is 256 g/mol. The van der Waals surface area contributed by atoms with Gasteiger partial charge in [0, 0.05) is 12.6 Å². The van der Waals surface area contributed by atoms with Crippen LogP contribution in [0.4, 0.5) is 4.79 Å². The summed E-state index contributed by atoms with van der Waals surface area (Å²) < 4.78 is 0. The minimum absolute atomic E-state index is 0.0122. The molecule has 3 amide bonds. The van der Waals surface area contributed by atoms with Crippen molar-refractivity contribution < 1.29 is 9.59 Å². The van der Waals surface area contributed by atoms with Crippen molar-refractivity contribution in [2.24, 2.45) is 0 Å². The van der Waals surface area contributed by atoms with E-state index < -0.39 is 0 Å². The molecule has 4 heteroatoms. The molecule has 1 unspecified atom stereocenters. The Bertz CT molecular complexity index is 565. The predicted molar refractivity (Wildman–Crippen MR) is 69.5 cm³/mol. The standard InChI is InChI=1S/C15H16N2O2/c18-14-13-12-7-2-1-4-10(12)8-9-16(13)15(19)17(14)11-5-3-6-11/h1-2,4,7,11,13H,3,5-6,8-9H2. The summed E-state index contributed by atoms with van der Waals surface area (Å²) in [6.45, 7) is 0.662. The number of amides is 3. The molecular weight excluding hydrogens is 240 g/mol. The fraction of sp³-hybridized carbons (Fsp3) is 0.467. The van der Waals surface area contributed by atoms with Crippen LogP contribution in [-0.2, 0) is 11.2 Å². The summed E-state index contributed by atoms with van der Waals surface area (Å²) in [4.78, 5) is 28.3. The molecule has 1 saturated heterocycles. The van der Waals surface area contributed by atoms with E-state index in [0.29, 0.717) is 6.54 Å². The molecule has 0 spiro atoms. The second-order valence-electron chi connectivity index (χ2n) is 5.62. The van der Waals surface area contributed by atoms with Gasteiger partial charge in [-0.2, -0.15) is 0 Å². The second-order valence-corrected chi connectivity index (χ2v) is 5.62. The smallest absolute Gasteiger partial charge is 0.308 e. The first-order valence-corrected chi connectivity index (χ1v) is 6.99. The van der Waals surface area contributed by atoms with Gasteiger partial charge < -0.3 is 4.90 Å². The van der Waals surface area contributed by atoms with E-state index in [4.69, 9.17) is 0 Å². The molecule has 1 atom stereocenters. The summed E-state index contributed by atoms with van der Waals surface area (Å²) in [6, 6.07) is 7.72. The third-order valence-electron chi connectivity index (χ3n) is 4.65. The molecule has 1 aromatic carbocycles. The Morgan fingerprint density at radius 3 is 2.63 bits per heavy atom. The minimum atomic E-state index is -0.363. The summed E-state index contributed by atoms with van der Waals surface area (Å²) >= 11 is 0. The highest BCUT2D eigenvalue weighted by Crippen LogP contribution is 2.40. The Labute approximate surface area is 112 Å². The number of rotatable bonds is 1. The highest BCUT2D eigenvalue weighted by molar-refractivity contribution is 6.05. The number of urea groups is 1. The first kappa shape index (κ1) is 11.0. The topological polar surface area (TPSA) is 40.6 Å². The molecule has 19 heavy (non-hydrogen) atoms. The maximum Gasteiger partial charge on any atom is 0.327 e. The van der Waals surface area contributed by atoms with Crippen LogP contribution in [0.15, 0.2) is 24.3 Å². The number of fused-ring (bicyclic) bond motifs is 3. The molecule has 0 radical (unpaired) electrons. The van der Waals surface area contributed by atoms with Gasteiger partial charge >= 0.3 is 6.03 Å². The lowest BCUT2D eigenvalue weighted by atomic mass is 9.90. The van der Waals surface area contributed by atoms with Crippen molar-refractivity contribution in [1.29, 1.82) is 0 Å². The maximum absolute atomic E-state index is 12.6. The Hall–Kier alpha value is -1.84. The van der Waals surface area contributed by atoms with E-state index in [9.17, 15) is 9.59 Å². The first-order chi connectivity index (χ1) is 9.27. The lowest BCUT2D eigenvalue weighted by molar-refractivity contribution is -0.131. The van der Waals surface area contributed by atoms with E-state index in [1.807, 2.05) is 18.2 Å². The van der Waals surface area contributed by atoms with Crippen LogP contribution in [0.25, 0.3) is 0 Å². The van der Waals surface area contributed by atoms with Crippen LogP contribution < -0.4 is 0 Å². The number of carbonyl (C=O) groups excluding carboxylic acids is 2. The van der Waals surface area contributed by atoms with Gasteiger partial charge in [0.1, 0.15) is 6.04 Å². The minimum Gasteiger partial charge on any atom is -0.308 e. The van der Waals surface area contributed by atoms with Gasteiger partial charge in [-0.3, -0.25) is 9.69 Å². The molecule has 4 nitrogen and oxygen atoms in total. The molecule has 0 N–H and O–H groups in total. The van der Waals surface area contributed by atoms with E-state index in [2.05, 4.69) is 6.07 Å². The zero-order valence-electron chi connectivity index (χ0n) is 10.7. The lowest BCUT2D eigenvalue weighted by Gasteiger charge is -2.32. The van der Waals surface area contributed by atoms with E-state index in [1.54, 1.807) is 4.90 Å². The van der Waals surface area contributed by atoms with Crippen LogP contribution in [0, 0.1) is 0 Å². The van der Waals surface area contributed by atoms with Gasteiger partial charge in [-0.05, 0) is 36.8 Å². The zero-order valence-corrected chi connectivity index (χ0v) is 10.7. The molecule has 0 aromatic heterocycles. The predicted octanol–water partition coefficient (Wildman–Crippen LogP) is 2.10. The number of benzene rings is 1. The highest BCUT2D eigenvalue weighted by Gasteiger charge is 2.51. The van der Waals surface area contributed by atoms with E-state index in [0.717, 1.165) is 31.2 Å². The maximum atomic E-state index is 12.6. The molecule has 1 aliphatic carbocycles. The molecule has 4 rings (SSSR count). The van der Waals surface area contributed by atoms with E-state index in [-0.39, 0.29) is 24.0 Å². The van der Waals surface area contributed by atoms with Crippen molar-refractivity contribution in [1.82, 2.24) is 9.80 Å². The molecule has 3 aliphatic rings. The molecule has 1 saturated carbocycles. The van der Waals surface area contributed by atoms with Gasteiger partial charge in [0.15, 0.2) is 0 Å². The molecule has 2 fully saturated rings. The number of nitrogens with zero attached hydrogens (tertiary/aromatic N) is 2. The van der Waals surface area contributed by atoms with Gasteiger partial charge in [0.05, 0.1) is 0 Å². The van der Waals surface area contributed by atoms with Crippen LogP contribution in [0.3, 0.4) is 0 Å². The van der Waals surface area contributed by atoms with Gasteiger partial charge in [-0.1, -0.05) is 24.3 Å². The number of hydrogen-bond acceptors (Lipinski definition) is 2. The Morgan fingerprint density at radius 1 is 1.11 bits per heavy atom. The number of hydrogen-bond donors (Lipinski definition) is 0. The summed E-state index contributed by atoms with van der Waals surface area (Å²) in [5.41, 5.74) is 2.23. The van der Waals surface area contributed by atoms with Gasteiger partial charge in [0.25, 0.3) is 5.91 Å².